The number of oxazole rings is 1. The summed E-state index contributed by atoms with van der Waals surface area (Å²) in [5.41, 5.74) is 2.58. The maximum atomic E-state index is 12.2. The number of nitrogens with zero attached hydrogens (tertiary/aromatic N) is 2. The number of amides is 1. The molecule has 1 aliphatic heterocycles. The third-order valence-corrected chi connectivity index (χ3v) is 4.15. The van der Waals surface area contributed by atoms with Gasteiger partial charge >= 0.3 is 0 Å². The summed E-state index contributed by atoms with van der Waals surface area (Å²) in [6.07, 6.45) is 1.59. The zero-order chi connectivity index (χ0) is 18.2. The highest BCUT2D eigenvalue weighted by Crippen LogP contribution is 2.27. The maximum absolute atomic E-state index is 12.2. The van der Waals surface area contributed by atoms with Crippen molar-refractivity contribution in [3.05, 3.63) is 83.8 Å². The van der Waals surface area contributed by atoms with E-state index in [-0.39, 0.29) is 11.6 Å². The number of rotatable bonds is 3. The molecule has 6 nitrogen and oxygen atoms in total. The quantitative estimate of drug-likeness (QED) is 0.563. The van der Waals surface area contributed by atoms with Gasteiger partial charge in [0, 0.05) is 11.6 Å². The van der Waals surface area contributed by atoms with E-state index in [4.69, 9.17) is 8.83 Å². The Morgan fingerprint density at radius 2 is 1.70 bits per heavy atom. The third kappa shape index (κ3) is 2.83. The number of amidine groups is 1. The number of carbonyl (C=O) groups excluding carboxylic acids is 1. The molecule has 0 unspecified atom stereocenters. The molecule has 130 valence electrons. The Morgan fingerprint density at radius 3 is 2.56 bits per heavy atom. The van der Waals surface area contributed by atoms with Crippen LogP contribution in [0.1, 0.15) is 11.3 Å². The van der Waals surface area contributed by atoms with Gasteiger partial charge in [0.05, 0.1) is 0 Å². The van der Waals surface area contributed by atoms with Gasteiger partial charge in [0.15, 0.2) is 11.3 Å². The minimum Gasteiger partial charge on any atom is -0.452 e. The summed E-state index contributed by atoms with van der Waals surface area (Å²) in [7, 11) is 0. The Labute approximate surface area is 153 Å². The lowest BCUT2D eigenvalue weighted by atomic mass is 10.2. The number of aliphatic imine (C=N–C) groups is 1. The van der Waals surface area contributed by atoms with Gasteiger partial charge in [-0.1, -0.05) is 42.5 Å². The van der Waals surface area contributed by atoms with E-state index in [1.54, 1.807) is 18.2 Å². The number of furan rings is 1. The second-order valence-corrected chi connectivity index (χ2v) is 6.00. The van der Waals surface area contributed by atoms with Crippen molar-refractivity contribution in [2.75, 3.05) is 0 Å². The molecule has 0 radical (unpaired) electrons. The van der Waals surface area contributed by atoms with Crippen LogP contribution in [0, 0.1) is 0 Å². The van der Waals surface area contributed by atoms with E-state index >= 15 is 0 Å². The predicted octanol–water partition coefficient (Wildman–Crippen LogP) is 4.01. The molecule has 0 bridgehead atoms. The molecule has 2 aromatic carbocycles. The van der Waals surface area contributed by atoms with E-state index < -0.39 is 0 Å². The van der Waals surface area contributed by atoms with Crippen LogP contribution in [0.15, 0.2) is 86.3 Å². The van der Waals surface area contributed by atoms with Gasteiger partial charge in [-0.25, -0.2) is 9.98 Å². The van der Waals surface area contributed by atoms with Crippen molar-refractivity contribution in [2.45, 2.75) is 0 Å². The van der Waals surface area contributed by atoms with E-state index in [1.165, 1.54) is 0 Å². The molecule has 0 saturated heterocycles. The Bertz CT molecular complexity index is 1180. The molecule has 3 heterocycles. The van der Waals surface area contributed by atoms with Crippen molar-refractivity contribution in [3.8, 4) is 11.7 Å². The van der Waals surface area contributed by atoms with E-state index in [2.05, 4.69) is 15.3 Å². The summed E-state index contributed by atoms with van der Waals surface area (Å²) in [4.78, 5) is 21.0. The van der Waals surface area contributed by atoms with Crippen LogP contribution in [0.4, 0.5) is 0 Å². The van der Waals surface area contributed by atoms with Gasteiger partial charge in [0.2, 0.25) is 0 Å². The van der Waals surface area contributed by atoms with Gasteiger partial charge in [-0.05, 0) is 24.3 Å². The molecule has 0 atom stereocenters. The molecular weight excluding hydrogens is 342 g/mol. The number of carbonyl (C=O) groups is 1. The van der Waals surface area contributed by atoms with Crippen LogP contribution >= 0.6 is 0 Å². The SMILES string of the molecule is O=C1NC(c2ccccc2)=N/C1=C\c1ccc(-c2nc3ccccc3o2)o1. The van der Waals surface area contributed by atoms with Gasteiger partial charge in [0.1, 0.15) is 22.8 Å². The molecule has 2 aromatic heterocycles. The van der Waals surface area contributed by atoms with Crippen molar-refractivity contribution in [1.29, 1.82) is 0 Å². The lowest BCUT2D eigenvalue weighted by molar-refractivity contribution is -0.115. The van der Waals surface area contributed by atoms with Crippen LogP contribution in [0.5, 0.6) is 0 Å². The lowest BCUT2D eigenvalue weighted by Crippen LogP contribution is -2.24. The number of fused-ring (bicyclic) bond motifs is 1. The van der Waals surface area contributed by atoms with Gasteiger partial charge in [-0.15, -0.1) is 0 Å². The number of benzene rings is 2. The molecule has 1 amide bonds. The fourth-order valence-electron chi connectivity index (χ4n) is 2.86. The van der Waals surface area contributed by atoms with Crippen molar-refractivity contribution in [1.82, 2.24) is 10.3 Å². The first-order chi connectivity index (χ1) is 13.3. The summed E-state index contributed by atoms with van der Waals surface area (Å²) in [5, 5.41) is 2.77. The summed E-state index contributed by atoms with van der Waals surface area (Å²) in [5.74, 6) is 1.63. The minimum atomic E-state index is -0.270. The predicted molar refractivity (Wildman–Crippen MR) is 101 cm³/mol. The van der Waals surface area contributed by atoms with E-state index in [0.717, 1.165) is 11.1 Å². The molecule has 0 spiro atoms. The minimum absolute atomic E-state index is 0.270. The van der Waals surface area contributed by atoms with Crippen LogP contribution in [-0.4, -0.2) is 16.7 Å². The second-order valence-electron chi connectivity index (χ2n) is 6.00. The standard InChI is InChI=1S/C21H13N3O3/c25-20-16(22-19(24-20)13-6-2-1-3-7-13)12-14-10-11-18(26-14)21-23-15-8-4-5-9-17(15)27-21/h1-12H,(H,22,24,25)/b16-12-. The third-order valence-electron chi connectivity index (χ3n) is 4.15. The Hall–Kier alpha value is -3.93. The van der Waals surface area contributed by atoms with Gasteiger partial charge in [-0.2, -0.15) is 0 Å². The maximum Gasteiger partial charge on any atom is 0.275 e. The van der Waals surface area contributed by atoms with Crippen LogP contribution in [0.2, 0.25) is 0 Å². The monoisotopic (exact) mass is 355 g/mol. The van der Waals surface area contributed by atoms with Gasteiger partial charge in [0.25, 0.3) is 11.8 Å². The summed E-state index contributed by atoms with van der Waals surface area (Å²) in [6, 6.07) is 20.5. The van der Waals surface area contributed by atoms with Crippen LogP contribution < -0.4 is 5.32 Å². The van der Waals surface area contributed by atoms with Gasteiger partial charge in [-0.3, -0.25) is 4.79 Å². The highest BCUT2D eigenvalue weighted by atomic mass is 16.4. The van der Waals surface area contributed by atoms with E-state index in [1.807, 2.05) is 54.6 Å². The molecule has 4 aromatic rings. The number of aromatic nitrogens is 1. The topological polar surface area (TPSA) is 80.6 Å². The zero-order valence-corrected chi connectivity index (χ0v) is 14.0. The summed E-state index contributed by atoms with van der Waals surface area (Å²) in [6.45, 7) is 0. The molecule has 5 rings (SSSR count). The molecule has 27 heavy (non-hydrogen) atoms. The first kappa shape index (κ1) is 15.3. The smallest absolute Gasteiger partial charge is 0.275 e. The van der Waals surface area contributed by atoms with Crippen LogP contribution in [0.25, 0.3) is 28.8 Å². The molecule has 0 fully saturated rings. The second kappa shape index (κ2) is 6.10. The molecule has 1 N–H and O–H groups in total. The van der Waals surface area contributed by atoms with E-state index in [9.17, 15) is 4.79 Å². The number of hydrogen-bond acceptors (Lipinski definition) is 5. The average molecular weight is 355 g/mol. The highest BCUT2D eigenvalue weighted by Gasteiger charge is 2.21. The largest absolute Gasteiger partial charge is 0.452 e. The van der Waals surface area contributed by atoms with Crippen molar-refractivity contribution in [3.63, 3.8) is 0 Å². The Kier molecular flexibility index (Phi) is 3.47. The number of hydrogen-bond donors (Lipinski definition) is 1. The van der Waals surface area contributed by atoms with Crippen molar-refractivity contribution < 1.29 is 13.6 Å². The highest BCUT2D eigenvalue weighted by molar-refractivity contribution is 6.19. The lowest BCUT2D eigenvalue weighted by Gasteiger charge is -1.98. The first-order valence-electron chi connectivity index (χ1n) is 8.39. The van der Waals surface area contributed by atoms with Crippen molar-refractivity contribution in [2.24, 2.45) is 4.99 Å². The van der Waals surface area contributed by atoms with Gasteiger partial charge < -0.3 is 14.2 Å². The first-order valence-corrected chi connectivity index (χ1v) is 8.39. The Balaban J connectivity index is 1.46. The fraction of sp³-hybridized carbons (Fsp3) is 0. The fourth-order valence-corrected chi connectivity index (χ4v) is 2.86. The zero-order valence-electron chi connectivity index (χ0n) is 14.0. The average Bonchev–Trinajstić information content (AvgIpc) is 3.41. The van der Waals surface area contributed by atoms with Crippen molar-refractivity contribution >= 4 is 28.9 Å². The number of nitrogens with one attached hydrogen (secondary N) is 1. The number of para-hydroxylation sites is 2. The molecule has 6 heteroatoms. The van der Waals surface area contributed by atoms with E-state index in [0.29, 0.717) is 28.8 Å². The molecular formula is C21H13N3O3. The molecule has 0 aliphatic carbocycles. The molecule has 0 saturated carbocycles. The normalized spacial score (nSPS) is 15.3. The molecule has 1 aliphatic rings. The summed E-state index contributed by atoms with van der Waals surface area (Å²) < 4.78 is 11.5. The summed E-state index contributed by atoms with van der Waals surface area (Å²) >= 11 is 0. The van der Waals surface area contributed by atoms with Crippen LogP contribution in [0.3, 0.4) is 0 Å². The van der Waals surface area contributed by atoms with Crippen LogP contribution in [-0.2, 0) is 4.79 Å². The Morgan fingerprint density at radius 1 is 0.889 bits per heavy atom.